The molecule has 0 saturated heterocycles. The third-order valence-electron chi connectivity index (χ3n) is 1.30. The van der Waals surface area contributed by atoms with Crippen LogP contribution >= 0.6 is 0 Å². The Balaban J connectivity index is 1.91. The Bertz CT molecular complexity index is 280. The normalized spacial score (nSPS) is 10.0. The van der Waals surface area contributed by atoms with E-state index in [0.717, 1.165) is 0 Å². The molecule has 2 heterocycles. The molecule has 0 saturated carbocycles. The van der Waals surface area contributed by atoms with Crippen molar-refractivity contribution in [2.24, 2.45) is 0 Å². The van der Waals surface area contributed by atoms with Crippen LogP contribution in [0.4, 0.5) is 0 Å². The van der Waals surface area contributed by atoms with Crippen LogP contribution in [0.3, 0.4) is 0 Å². The summed E-state index contributed by atoms with van der Waals surface area (Å²) in [5, 5.41) is 0. The fraction of sp³-hybridized carbons (Fsp3) is 0.143. The number of rotatable bonds is 3. The lowest BCUT2D eigenvalue weighted by molar-refractivity contribution is 0.0814. The van der Waals surface area contributed by atoms with Gasteiger partial charge in [-0.15, -0.1) is 0 Å². The molecule has 2 rings (SSSR count). The van der Waals surface area contributed by atoms with Gasteiger partial charge in [-0.1, -0.05) is 0 Å². The van der Waals surface area contributed by atoms with E-state index in [4.69, 9.17) is 9.25 Å². The van der Waals surface area contributed by atoms with Gasteiger partial charge in [-0.05, 0) is 0 Å². The van der Waals surface area contributed by atoms with Gasteiger partial charge in [-0.25, -0.2) is 9.97 Å². The molecule has 0 fully saturated rings. The SMILES string of the molecule is c1cn(OCc2ncco2)cn1. The minimum Gasteiger partial charge on any atom is -0.445 e. The molecular weight excluding hydrogens is 158 g/mol. The van der Waals surface area contributed by atoms with Gasteiger partial charge in [-0.3, -0.25) is 0 Å². The Morgan fingerprint density at radius 3 is 3.17 bits per heavy atom. The fourth-order valence-corrected chi connectivity index (χ4v) is 0.777. The van der Waals surface area contributed by atoms with Crippen LogP contribution in [0, 0.1) is 0 Å². The predicted octanol–water partition coefficient (Wildman–Crippen LogP) is 0.500. The second kappa shape index (κ2) is 3.08. The summed E-state index contributed by atoms with van der Waals surface area (Å²) in [7, 11) is 0. The summed E-state index contributed by atoms with van der Waals surface area (Å²) >= 11 is 0. The molecule has 0 aliphatic heterocycles. The van der Waals surface area contributed by atoms with Crippen molar-refractivity contribution >= 4 is 0 Å². The van der Waals surface area contributed by atoms with Crippen LogP contribution in [0.25, 0.3) is 0 Å². The average molecular weight is 165 g/mol. The highest BCUT2D eigenvalue weighted by molar-refractivity contribution is 4.77. The van der Waals surface area contributed by atoms with Crippen LogP contribution in [0.2, 0.25) is 0 Å². The number of nitrogens with zero attached hydrogens (tertiary/aromatic N) is 3. The monoisotopic (exact) mass is 165 g/mol. The standard InChI is InChI=1S/C7H7N3O2/c1-3-10(6-8-1)12-5-7-9-2-4-11-7/h1-4,6H,5H2. The first-order valence-corrected chi connectivity index (χ1v) is 3.45. The summed E-state index contributed by atoms with van der Waals surface area (Å²) in [6.07, 6.45) is 7.97. The second-order valence-electron chi connectivity index (χ2n) is 2.12. The van der Waals surface area contributed by atoms with Crippen LogP contribution in [0.5, 0.6) is 0 Å². The van der Waals surface area contributed by atoms with Crippen LogP contribution in [0.15, 0.2) is 35.6 Å². The maximum absolute atomic E-state index is 5.19. The smallest absolute Gasteiger partial charge is 0.234 e. The third-order valence-corrected chi connectivity index (χ3v) is 1.30. The highest BCUT2D eigenvalue weighted by Crippen LogP contribution is 1.94. The third kappa shape index (κ3) is 1.45. The van der Waals surface area contributed by atoms with Crippen molar-refractivity contribution in [2.45, 2.75) is 6.61 Å². The average Bonchev–Trinajstić information content (AvgIpc) is 2.74. The number of hydrogen-bond donors (Lipinski definition) is 0. The molecule has 2 aromatic rings. The van der Waals surface area contributed by atoms with Gasteiger partial charge in [0, 0.05) is 6.20 Å². The van der Waals surface area contributed by atoms with Gasteiger partial charge in [0.1, 0.15) is 12.6 Å². The summed E-state index contributed by atoms with van der Waals surface area (Å²) in [5.74, 6) is 0.545. The second-order valence-corrected chi connectivity index (χ2v) is 2.12. The van der Waals surface area contributed by atoms with E-state index < -0.39 is 0 Å². The van der Waals surface area contributed by atoms with Crippen molar-refractivity contribution in [1.82, 2.24) is 14.7 Å². The van der Waals surface area contributed by atoms with E-state index in [1.54, 1.807) is 24.9 Å². The molecule has 0 bridgehead atoms. The quantitative estimate of drug-likeness (QED) is 0.664. The highest BCUT2D eigenvalue weighted by Gasteiger charge is 1.97. The molecule has 0 spiro atoms. The lowest BCUT2D eigenvalue weighted by Gasteiger charge is -2.00. The van der Waals surface area contributed by atoms with Gasteiger partial charge in [0.25, 0.3) is 0 Å². The minimum atomic E-state index is 0.309. The summed E-state index contributed by atoms with van der Waals surface area (Å²) < 4.78 is 6.45. The maximum atomic E-state index is 5.19. The van der Waals surface area contributed by atoms with Crippen LogP contribution in [-0.4, -0.2) is 14.7 Å². The molecule has 2 aromatic heterocycles. The topological polar surface area (TPSA) is 53.1 Å². The molecule has 62 valence electrons. The van der Waals surface area contributed by atoms with Gasteiger partial charge in [0.05, 0.1) is 12.4 Å². The lowest BCUT2D eigenvalue weighted by atomic mass is 10.7. The first-order chi connectivity index (χ1) is 5.95. The number of aromatic nitrogens is 3. The zero-order chi connectivity index (χ0) is 8.23. The van der Waals surface area contributed by atoms with Gasteiger partial charge < -0.3 is 9.25 Å². The van der Waals surface area contributed by atoms with Gasteiger partial charge in [0.15, 0.2) is 6.61 Å². The van der Waals surface area contributed by atoms with Crippen molar-refractivity contribution in [2.75, 3.05) is 0 Å². The first kappa shape index (κ1) is 6.90. The molecule has 0 aliphatic rings. The molecule has 0 aliphatic carbocycles. The fourth-order valence-electron chi connectivity index (χ4n) is 0.777. The lowest BCUT2D eigenvalue weighted by Crippen LogP contribution is -2.08. The molecule has 0 unspecified atom stereocenters. The molecule has 12 heavy (non-hydrogen) atoms. The van der Waals surface area contributed by atoms with Crippen molar-refractivity contribution in [3.8, 4) is 0 Å². The molecule has 0 radical (unpaired) electrons. The Labute approximate surface area is 68.6 Å². The van der Waals surface area contributed by atoms with E-state index in [0.29, 0.717) is 12.5 Å². The van der Waals surface area contributed by atoms with E-state index in [-0.39, 0.29) is 0 Å². The molecule has 0 N–H and O–H groups in total. The maximum Gasteiger partial charge on any atom is 0.234 e. The molecular formula is C7H7N3O2. The Hall–Kier alpha value is -1.78. The summed E-state index contributed by atoms with van der Waals surface area (Å²) in [4.78, 5) is 12.9. The van der Waals surface area contributed by atoms with Gasteiger partial charge >= 0.3 is 0 Å². The van der Waals surface area contributed by atoms with E-state index in [9.17, 15) is 0 Å². The molecule has 0 atom stereocenters. The molecule has 5 nitrogen and oxygen atoms in total. The van der Waals surface area contributed by atoms with Gasteiger partial charge in [0.2, 0.25) is 5.89 Å². The summed E-state index contributed by atoms with van der Waals surface area (Å²) in [6, 6.07) is 0. The highest BCUT2D eigenvalue weighted by atomic mass is 16.7. The zero-order valence-electron chi connectivity index (χ0n) is 6.25. The summed E-state index contributed by atoms with van der Waals surface area (Å²) in [6.45, 7) is 0.309. The number of imidazole rings is 1. The van der Waals surface area contributed by atoms with E-state index in [1.165, 1.54) is 11.0 Å². The van der Waals surface area contributed by atoms with Crippen LogP contribution < -0.4 is 4.84 Å². The van der Waals surface area contributed by atoms with Crippen molar-refractivity contribution < 1.29 is 9.25 Å². The van der Waals surface area contributed by atoms with Crippen molar-refractivity contribution in [1.29, 1.82) is 0 Å². The largest absolute Gasteiger partial charge is 0.445 e. The summed E-state index contributed by atoms with van der Waals surface area (Å²) in [5.41, 5.74) is 0. The molecule has 0 aromatic carbocycles. The Morgan fingerprint density at radius 1 is 1.50 bits per heavy atom. The van der Waals surface area contributed by atoms with Crippen molar-refractivity contribution in [3.63, 3.8) is 0 Å². The predicted molar refractivity (Wildman–Crippen MR) is 39.0 cm³/mol. The Morgan fingerprint density at radius 2 is 2.50 bits per heavy atom. The van der Waals surface area contributed by atoms with Gasteiger partial charge in [-0.2, -0.15) is 4.73 Å². The number of hydrogen-bond acceptors (Lipinski definition) is 4. The van der Waals surface area contributed by atoms with Crippen LogP contribution in [-0.2, 0) is 6.61 Å². The zero-order valence-corrected chi connectivity index (χ0v) is 6.25. The van der Waals surface area contributed by atoms with E-state index in [1.807, 2.05) is 0 Å². The van der Waals surface area contributed by atoms with Crippen molar-refractivity contribution in [3.05, 3.63) is 37.1 Å². The van der Waals surface area contributed by atoms with E-state index in [2.05, 4.69) is 9.97 Å². The molecule has 5 heteroatoms. The first-order valence-electron chi connectivity index (χ1n) is 3.45. The Kier molecular flexibility index (Phi) is 1.77. The number of oxazole rings is 1. The van der Waals surface area contributed by atoms with E-state index >= 15 is 0 Å². The van der Waals surface area contributed by atoms with Crippen LogP contribution in [0.1, 0.15) is 5.89 Å². The molecule has 0 amide bonds. The minimum absolute atomic E-state index is 0.309.